The number of rotatable bonds is 5. The molecule has 0 aliphatic rings. The molecule has 0 unspecified atom stereocenters. The van der Waals surface area contributed by atoms with Crippen LogP contribution in [0.1, 0.15) is 18.1 Å². The van der Waals surface area contributed by atoms with E-state index in [9.17, 15) is 4.79 Å². The van der Waals surface area contributed by atoms with E-state index in [-0.39, 0.29) is 5.91 Å². The molecule has 1 heterocycles. The van der Waals surface area contributed by atoms with E-state index >= 15 is 0 Å². The molecule has 0 spiro atoms. The molecule has 1 N–H and O–H groups in total. The van der Waals surface area contributed by atoms with Gasteiger partial charge in [-0.3, -0.25) is 4.79 Å². The lowest BCUT2D eigenvalue weighted by Gasteiger charge is -2.13. The lowest BCUT2D eigenvalue weighted by Crippen LogP contribution is -2.08. The van der Waals surface area contributed by atoms with Crippen molar-refractivity contribution < 1.29 is 13.9 Å². The second-order valence-electron chi connectivity index (χ2n) is 7.30. The number of amides is 1. The summed E-state index contributed by atoms with van der Waals surface area (Å²) < 4.78 is 11.6. The third-order valence-corrected chi connectivity index (χ3v) is 5.47. The lowest BCUT2D eigenvalue weighted by atomic mass is 9.96. The molecule has 0 bridgehead atoms. The van der Waals surface area contributed by atoms with E-state index in [0.717, 1.165) is 38.8 Å². The standard InChI is InChI=1S/C26H22ClNO3/c1-16(13-24(29)28-20-11-9-19(27)10-12-20)21-14-22-23(18-7-5-4-6-8-18)15-31-26(22)17(2)25(21)30-3/h4-15H,1-3H3,(H,28,29)/b16-13+. The first-order valence-electron chi connectivity index (χ1n) is 9.87. The molecule has 0 aliphatic heterocycles. The van der Waals surface area contributed by atoms with Crippen molar-refractivity contribution in [2.75, 3.05) is 12.4 Å². The minimum absolute atomic E-state index is 0.227. The predicted octanol–water partition coefficient (Wildman–Crippen LogP) is 7.11. The number of hydrogen-bond acceptors (Lipinski definition) is 3. The summed E-state index contributed by atoms with van der Waals surface area (Å²) >= 11 is 5.91. The highest BCUT2D eigenvalue weighted by Crippen LogP contribution is 2.40. The summed E-state index contributed by atoms with van der Waals surface area (Å²) in [6, 6.07) is 19.1. The number of halogens is 1. The zero-order valence-electron chi connectivity index (χ0n) is 17.5. The highest BCUT2D eigenvalue weighted by atomic mass is 35.5. The van der Waals surface area contributed by atoms with Gasteiger partial charge in [-0.1, -0.05) is 41.9 Å². The van der Waals surface area contributed by atoms with Crippen LogP contribution in [0, 0.1) is 6.92 Å². The Morgan fingerprint density at radius 2 is 1.81 bits per heavy atom. The van der Waals surface area contributed by atoms with Crippen molar-refractivity contribution in [3.63, 3.8) is 0 Å². The molecule has 0 atom stereocenters. The smallest absolute Gasteiger partial charge is 0.248 e. The summed E-state index contributed by atoms with van der Waals surface area (Å²) in [6.45, 7) is 3.86. The number of aryl methyl sites for hydroxylation is 1. The van der Waals surface area contributed by atoms with Gasteiger partial charge < -0.3 is 14.5 Å². The molecule has 0 fully saturated rings. The number of hydrogen-bond donors (Lipinski definition) is 1. The molecule has 1 amide bonds. The Morgan fingerprint density at radius 3 is 2.48 bits per heavy atom. The zero-order chi connectivity index (χ0) is 22.0. The molecule has 31 heavy (non-hydrogen) atoms. The molecule has 0 radical (unpaired) electrons. The van der Waals surface area contributed by atoms with Gasteiger partial charge in [-0.25, -0.2) is 0 Å². The van der Waals surface area contributed by atoms with Crippen LogP contribution in [0.3, 0.4) is 0 Å². The van der Waals surface area contributed by atoms with Crippen molar-refractivity contribution in [3.05, 3.63) is 89.2 Å². The summed E-state index contributed by atoms with van der Waals surface area (Å²) in [5, 5.41) is 4.45. The van der Waals surface area contributed by atoms with Crippen molar-refractivity contribution in [1.82, 2.24) is 0 Å². The van der Waals surface area contributed by atoms with E-state index in [1.54, 1.807) is 43.7 Å². The number of carbonyl (C=O) groups excluding carboxylic acids is 1. The third kappa shape index (κ3) is 4.21. The van der Waals surface area contributed by atoms with Crippen molar-refractivity contribution in [1.29, 1.82) is 0 Å². The molecule has 0 saturated heterocycles. The molecule has 4 rings (SSSR count). The summed E-state index contributed by atoms with van der Waals surface area (Å²) in [5.41, 5.74) is 6.05. The molecule has 1 aromatic heterocycles. The van der Waals surface area contributed by atoms with Gasteiger partial charge in [-0.2, -0.15) is 0 Å². The van der Waals surface area contributed by atoms with E-state index in [1.807, 2.05) is 50.2 Å². The van der Waals surface area contributed by atoms with Gasteiger partial charge in [-0.15, -0.1) is 0 Å². The quantitative estimate of drug-likeness (QED) is 0.342. The monoisotopic (exact) mass is 431 g/mol. The van der Waals surface area contributed by atoms with E-state index in [0.29, 0.717) is 16.5 Å². The number of ether oxygens (including phenoxy) is 1. The largest absolute Gasteiger partial charge is 0.496 e. The zero-order valence-corrected chi connectivity index (χ0v) is 18.3. The van der Waals surface area contributed by atoms with Gasteiger partial charge in [0.25, 0.3) is 0 Å². The van der Waals surface area contributed by atoms with Crippen LogP contribution in [0.5, 0.6) is 5.75 Å². The van der Waals surface area contributed by atoms with E-state index in [4.69, 9.17) is 20.8 Å². The second kappa shape index (κ2) is 8.70. The maximum atomic E-state index is 12.6. The van der Waals surface area contributed by atoms with Crippen LogP contribution in [-0.2, 0) is 4.79 Å². The van der Waals surface area contributed by atoms with E-state index in [1.165, 1.54) is 0 Å². The van der Waals surface area contributed by atoms with Crippen LogP contribution in [0.2, 0.25) is 5.02 Å². The Kier molecular flexibility index (Phi) is 5.83. The first kappa shape index (κ1) is 20.8. The average molecular weight is 432 g/mol. The highest BCUT2D eigenvalue weighted by molar-refractivity contribution is 6.30. The fraction of sp³-hybridized carbons (Fsp3) is 0.115. The minimum atomic E-state index is -0.227. The minimum Gasteiger partial charge on any atom is -0.496 e. The maximum absolute atomic E-state index is 12.6. The van der Waals surface area contributed by atoms with Crippen molar-refractivity contribution in [3.8, 4) is 16.9 Å². The summed E-state index contributed by atoms with van der Waals surface area (Å²) in [7, 11) is 1.62. The highest BCUT2D eigenvalue weighted by Gasteiger charge is 2.18. The number of allylic oxidation sites excluding steroid dienone is 1. The third-order valence-electron chi connectivity index (χ3n) is 5.22. The Hall–Kier alpha value is -3.50. The number of benzene rings is 3. The van der Waals surface area contributed by atoms with Crippen LogP contribution in [0.15, 0.2) is 77.4 Å². The van der Waals surface area contributed by atoms with Crippen LogP contribution >= 0.6 is 11.6 Å². The Morgan fingerprint density at radius 1 is 1.10 bits per heavy atom. The average Bonchev–Trinajstić information content (AvgIpc) is 3.20. The molecule has 0 saturated carbocycles. The first-order chi connectivity index (χ1) is 15.0. The van der Waals surface area contributed by atoms with Gasteiger partial charge in [0, 0.05) is 38.9 Å². The molecular weight excluding hydrogens is 410 g/mol. The number of furan rings is 1. The Balaban J connectivity index is 1.75. The lowest BCUT2D eigenvalue weighted by molar-refractivity contribution is -0.111. The van der Waals surface area contributed by atoms with Gasteiger partial charge in [0.15, 0.2) is 0 Å². The van der Waals surface area contributed by atoms with Crippen LogP contribution in [-0.4, -0.2) is 13.0 Å². The predicted molar refractivity (Wildman–Crippen MR) is 127 cm³/mol. The fourth-order valence-corrected chi connectivity index (χ4v) is 3.82. The number of fused-ring (bicyclic) bond motifs is 1. The molecule has 4 nitrogen and oxygen atoms in total. The SMILES string of the molecule is COc1c(/C(C)=C/C(=O)Nc2ccc(Cl)cc2)cc2c(-c3ccccc3)coc2c1C. The summed E-state index contributed by atoms with van der Waals surface area (Å²) in [6.07, 6.45) is 3.34. The molecule has 5 heteroatoms. The van der Waals surface area contributed by atoms with Crippen molar-refractivity contribution in [2.24, 2.45) is 0 Å². The van der Waals surface area contributed by atoms with Gasteiger partial charge in [0.05, 0.1) is 13.4 Å². The van der Waals surface area contributed by atoms with Crippen LogP contribution in [0.25, 0.3) is 27.7 Å². The molecular formula is C26H22ClNO3. The van der Waals surface area contributed by atoms with Crippen molar-refractivity contribution in [2.45, 2.75) is 13.8 Å². The first-order valence-corrected chi connectivity index (χ1v) is 10.2. The fourth-order valence-electron chi connectivity index (χ4n) is 3.70. The van der Waals surface area contributed by atoms with Gasteiger partial charge in [-0.05, 0) is 55.3 Å². The molecule has 156 valence electrons. The second-order valence-corrected chi connectivity index (χ2v) is 7.73. The summed E-state index contributed by atoms with van der Waals surface area (Å²) in [5.74, 6) is 0.463. The van der Waals surface area contributed by atoms with Gasteiger partial charge in [0.1, 0.15) is 11.3 Å². The normalized spacial score (nSPS) is 11.5. The van der Waals surface area contributed by atoms with E-state index < -0.39 is 0 Å². The molecule has 3 aromatic carbocycles. The van der Waals surface area contributed by atoms with Crippen LogP contribution < -0.4 is 10.1 Å². The van der Waals surface area contributed by atoms with Crippen molar-refractivity contribution >= 4 is 39.7 Å². The number of carbonyl (C=O) groups is 1. The molecule has 4 aromatic rings. The maximum Gasteiger partial charge on any atom is 0.248 e. The number of anilines is 1. The van der Waals surface area contributed by atoms with Gasteiger partial charge >= 0.3 is 0 Å². The molecule has 0 aliphatic carbocycles. The topological polar surface area (TPSA) is 51.5 Å². The Bertz CT molecular complexity index is 1270. The Labute approximate surface area is 186 Å². The number of methoxy groups -OCH3 is 1. The van der Waals surface area contributed by atoms with Gasteiger partial charge in [0.2, 0.25) is 5.91 Å². The number of nitrogens with one attached hydrogen (secondary N) is 1. The van der Waals surface area contributed by atoms with Crippen LogP contribution in [0.4, 0.5) is 5.69 Å². The summed E-state index contributed by atoms with van der Waals surface area (Å²) in [4.78, 5) is 12.6. The van der Waals surface area contributed by atoms with E-state index in [2.05, 4.69) is 5.32 Å².